The van der Waals surface area contributed by atoms with Crippen LogP contribution in [-0.4, -0.2) is 15.0 Å². The summed E-state index contributed by atoms with van der Waals surface area (Å²) in [6.07, 6.45) is 2.21. The highest BCUT2D eigenvalue weighted by molar-refractivity contribution is 5.60. The molecule has 1 atom stereocenters. The molecule has 0 bridgehead atoms. The lowest BCUT2D eigenvalue weighted by molar-refractivity contribution is 0.485. The number of benzene rings is 3. The van der Waals surface area contributed by atoms with Crippen molar-refractivity contribution in [1.29, 1.82) is 0 Å². The summed E-state index contributed by atoms with van der Waals surface area (Å²) >= 11 is 0. The van der Waals surface area contributed by atoms with Crippen molar-refractivity contribution >= 4 is 0 Å². The van der Waals surface area contributed by atoms with E-state index in [1.165, 1.54) is 11.1 Å². The second-order valence-electron chi connectivity index (χ2n) is 7.51. The Morgan fingerprint density at radius 1 is 0.800 bits per heavy atom. The molecular weight excluding hydrogens is 368 g/mol. The number of nitrogens with zero attached hydrogens (tertiary/aromatic N) is 3. The van der Waals surface area contributed by atoms with Crippen LogP contribution in [0.5, 0.6) is 0 Å². The largest absolute Gasteiger partial charge is 0.304 e. The molecule has 3 aromatic carbocycles. The summed E-state index contributed by atoms with van der Waals surface area (Å²) in [5.74, 6) is 0. The van der Waals surface area contributed by atoms with Gasteiger partial charge in [0.2, 0.25) is 0 Å². The van der Waals surface area contributed by atoms with Crippen molar-refractivity contribution < 1.29 is 0 Å². The van der Waals surface area contributed by atoms with E-state index < -0.39 is 0 Å². The van der Waals surface area contributed by atoms with Crippen LogP contribution in [-0.2, 0) is 13.1 Å². The molecule has 0 aliphatic carbocycles. The second-order valence-corrected chi connectivity index (χ2v) is 7.51. The monoisotopic (exact) mass is 396 g/mol. The maximum Gasteiger partial charge on any atom is 0.117 e. The Hall–Kier alpha value is -3.24. The molecule has 4 nitrogen and oxygen atoms in total. The van der Waals surface area contributed by atoms with Crippen LogP contribution in [0.15, 0.2) is 91.0 Å². The predicted octanol–water partition coefficient (Wildman–Crippen LogP) is 5.62. The summed E-state index contributed by atoms with van der Waals surface area (Å²) in [5, 5.41) is 13.4. The van der Waals surface area contributed by atoms with Crippen molar-refractivity contribution in [3.8, 4) is 11.3 Å². The number of aromatic nitrogens is 3. The third-order valence-electron chi connectivity index (χ3n) is 5.23. The van der Waals surface area contributed by atoms with Crippen molar-refractivity contribution in [1.82, 2.24) is 20.3 Å². The molecule has 152 valence electrons. The second kappa shape index (κ2) is 9.99. The van der Waals surface area contributed by atoms with Crippen LogP contribution in [0.2, 0.25) is 0 Å². The van der Waals surface area contributed by atoms with Crippen LogP contribution >= 0.6 is 0 Å². The van der Waals surface area contributed by atoms with Crippen molar-refractivity contribution in [2.24, 2.45) is 0 Å². The van der Waals surface area contributed by atoms with E-state index in [9.17, 15) is 0 Å². The summed E-state index contributed by atoms with van der Waals surface area (Å²) < 4.78 is 0. The van der Waals surface area contributed by atoms with Gasteiger partial charge >= 0.3 is 0 Å². The van der Waals surface area contributed by atoms with E-state index in [2.05, 4.69) is 79.0 Å². The van der Waals surface area contributed by atoms with Crippen molar-refractivity contribution in [2.45, 2.75) is 38.9 Å². The lowest BCUT2D eigenvalue weighted by Gasteiger charge is -2.18. The topological polar surface area (TPSA) is 42.7 Å². The van der Waals surface area contributed by atoms with Gasteiger partial charge in [-0.25, -0.2) is 0 Å². The molecule has 0 radical (unpaired) electrons. The molecule has 0 saturated carbocycles. The summed E-state index contributed by atoms with van der Waals surface area (Å²) in [6, 6.07) is 31.6. The van der Waals surface area contributed by atoms with Gasteiger partial charge in [0.25, 0.3) is 0 Å². The lowest BCUT2D eigenvalue weighted by Crippen LogP contribution is -2.21. The molecule has 0 aliphatic rings. The number of nitrogens with one attached hydrogen (secondary N) is 1. The Bertz CT molecular complexity index is 1030. The standard InChI is InChI=1S/C26H28N4/c1-2-12-24(22-15-8-4-9-16-22)27-19-25-26(23-17-10-5-11-18-23)29-30(28-25)20-21-13-6-3-7-14-21/h3-11,13-18,24,27H,2,12,19-20H2,1H3/t24-/m0/s1. The zero-order valence-electron chi connectivity index (χ0n) is 17.4. The van der Waals surface area contributed by atoms with Crippen LogP contribution in [0, 0.1) is 0 Å². The van der Waals surface area contributed by atoms with Crippen LogP contribution in [0.4, 0.5) is 0 Å². The Balaban J connectivity index is 1.59. The predicted molar refractivity (Wildman–Crippen MR) is 122 cm³/mol. The van der Waals surface area contributed by atoms with Gasteiger partial charge in [0.15, 0.2) is 0 Å². The Morgan fingerprint density at radius 3 is 2.10 bits per heavy atom. The van der Waals surface area contributed by atoms with Gasteiger partial charge in [-0.05, 0) is 17.5 Å². The summed E-state index contributed by atoms with van der Waals surface area (Å²) in [5.41, 5.74) is 5.54. The minimum absolute atomic E-state index is 0.305. The smallest absolute Gasteiger partial charge is 0.117 e. The maximum atomic E-state index is 4.85. The lowest BCUT2D eigenvalue weighted by atomic mass is 10.0. The van der Waals surface area contributed by atoms with Gasteiger partial charge in [-0.1, -0.05) is 104 Å². The zero-order valence-corrected chi connectivity index (χ0v) is 17.4. The molecule has 0 unspecified atom stereocenters. The quantitative estimate of drug-likeness (QED) is 0.399. The molecule has 0 aliphatic heterocycles. The fraction of sp³-hybridized carbons (Fsp3) is 0.231. The molecule has 0 saturated heterocycles. The van der Waals surface area contributed by atoms with E-state index in [-0.39, 0.29) is 0 Å². The minimum Gasteiger partial charge on any atom is -0.304 e. The Kier molecular flexibility index (Phi) is 6.68. The third kappa shape index (κ3) is 5.02. The Labute approximate surface area is 178 Å². The zero-order chi connectivity index (χ0) is 20.6. The van der Waals surface area contributed by atoms with E-state index in [1.807, 2.05) is 29.1 Å². The van der Waals surface area contributed by atoms with E-state index >= 15 is 0 Å². The molecule has 0 spiro atoms. The molecular formula is C26H28N4. The van der Waals surface area contributed by atoms with E-state index in [0.717, 1.165) is 29.8 Å². The number of hydrogen-bond donors (Lipinski definition) is 1. The molecule has 4 rings (SSSR count). The summed E-state index contributed by atoms with van der Waals surface area (Å²) in [6.45, 7) is 3.57. The van der Waals surface area contributed by atoms with Crippen molar-refractivity contribution in [3.05, 3.63) is 108 Å². The van der Waals surface area contributed by atoms with Crippen molar-refractivity contribution in [2.75, 3.05) is 0 Å². The first-order valence-electron chi connectivity index (χ1n) is 10.6. The van der Waals surface area contributed by atoms with Gasteiger partial charge in [-0.2, -0.15) is 15.0 Å². The summed E-state index contributed by atoms with van der Waals surface area (Å²) in [7, 11) is 0. The minimum atomic E-state index is 0.305. The SMILES string of the molecule is CCC[C@H](NCc1nn(Cc2ccccc2)nc1-c1ccccc1)c1ccccc1. The average Bonchev–Trinajstić information content (AvgIpc) is 3.21. The average molecular weight is 397 g/mol. The molecule has 4 aromatic rings. The fourth-order valence-electron chi connectivity index (χ4n) is 3.72. The van der Waals surface area contributed by atoms with Crippen LogP contribution in [0.25, 0.3) is 11.3 Å². The third-order valence-corrected chi connectivity index (χ3v) is 5.23. The summed E-state index contributed by atoms with van der Waals surface area (Å²) in [4.78, 5) is 1.81. The molecule has 1 aromatic heterocycles. The number of rotatable bonds is 9. The fourth-order valence-corrected chi connectivity index (χ4v) is 3.72. The molecule has 0 fully saturated rings. The van der Waals surface area contributed by atoms with Gasteiger partial charge in [0.05, 0.1) is 6.54 Å². The first-order valence-corrected chi connectivity index (χ1v) is 10.6. The normalized spacial score (nSPS) is 12.0. The molecule has 4 heteroatoms. The van der Waals surface area contributed by atoms with E-state index in [1.54, 1.807) is 0 Å². The maximum absolute atomic E-state index is 4.85. The van der Waals surface area contributed by atoms with Gasteiger partial charge in [-0.3, -0.25) is 0 Å². The highest BCUT2D eigenvalue weighted by Crippen LogP contribution is 2.23. The molecule has 1 N–H and O–H groups in total. The molecule has 30 heavy (non-hydrogen) atoms. The van der Waals surface area contributed by atoms with Gasteiger partial charge < -0.3 is 5.32 Å². The Morgan fingerprint density at radius 2 is 1.43 bits per heavy atom. The highest BCUT2D eigenvalue weighted by Gasteiger charge is 2.16. The van der Waals surface area contributed by atoms with Gasteiger partial charge in [-0.15, -0.1) is 0 Å². The van der Waals surface area contributed by atoms with Gasteiger partial charge in [0, 0.05) is 18.2 Å². The van der Waals surface area contributed by atoms with Crippen LogP contribution in [0.1, 0.15) is 42.6 Å². The number of hydrogen-bond acceptors (Lipinski definition) is 3. The highest BCUT2D eigenvalue weighted by atomic mass is 15.5. The van der Waals surface area contributed by atoms with Crippen LogP contribution < -0.4 is 5.32 Å². The van der Waals surface area contributed by atoms with E-state index in [0.29, 0.717) is 19.1 Å². The molecule has 0 amide bonds. The van der Waals surface area contributed by atoms with Gasteiger partial charge in [0.1, 0.15) is 11.4 Å². The van der Waals surface area contributed by atoms with Crippen LogP contribution in [0.3, 0.4) is 0 Å². The first-order chi connectivity index (χ1) is 14.8. The first kappa shape index (κ1) is 20.0. The van der Waals surface area contributed by atoms with Crippen molar-refractivity contribution in [3.63, 3.8) is 0 Å². The van der Waals surface area contributed by atoms with E-state index in [4.69, 9.17) is 10.2 Å². The molecule has 1 heterocycles.